The number of rotatable bonds is 8. The van der Waals surface area contributed by atoms with Gasteiger partial charge in [0.15, 0.2) is 0 Å². The fraction of sp³-hybridized carbons (Fsp3) is 0.667. The smallest absolute Gasteiger partial charge is 0.0908 e. The van der Waals surface area contributed by atoms with Crippen molar-refractivity contribution in [2.75, 3.05) is 0 Å². The lowest BCUT2D eigenvalue weighted by Gasteiger charge is -2.52. The van der Waals surface area contributed by atoms with Crippen LogP contribution in [-0.4, -0.2) is 12.3 Å². The van der Waals surface area contributed by atoms with Gasteiger partial charge in [0.2, 0.25) is 0 Å². The molecule has 1 aliphatic carbocycles. The molecule has 0 aromatic rings. The highest BCUT2D eigenvalue weighted by molar-refractivity contribution is 5.49. The summed E-state index contributed by atoms with van der Waals surface area (Å²) in [5, 5.41) is 0. The molecule has 0 aliphatic heterocycles. The molecule has 0 heterocycles. The zero-order chi connectivity index (χ0) is 17.2. The summed E-state index contributed by atoms with van der Waals surface area (Å²) in [6, 6.07) is 0. The second-order valence-electron chi connectivity index (χ2n) is 7.52. The molecule has 0 bridgehead atoms. The van der Waals surface area contributed by atoms with Crippen molar-refractivity contribution in [1.29, 1.82) is 0 Å². The molecule has 0 spiro atoms. The molecule has 0 saturated carbocycles. The summed E-state index contributed by atoms with van der Waals surface area (Å²) in [6.45, 7) is 24.3. The maximum Gasteiger partial charge on any atom is 0.0908 e. The second-order valence-corrected chi connectivity index (χ2v) is 7.52. The number of hydrogen-bond donors (Lipinski definition) is 0. The van der Waals surface area contributed by atoms with Crippen LogP contribution in [0.1, 0.15) is 67.7 Å². The Morgan fingerprint density at radius 3 is 2.05 bits per heavy atom. The van der Waals surface area contributed by atoms with Gasteiger partial charge in [0.25, 0.3) is 0 Å². The van der Waals surface area contributed by atoms with Gasteiger partial charge < -0.3 is 0 Å². The Morgan fingerprint density at radius 2 is 1.77 bits per heavy atom. The Labute approximate surface area is 138 Å². The van der Waals surface area contributed by atoms with Gasteiger partial charge in [0, 0.05) is 5.41 Å². The third-order valence-corrected chi connectivity index (χ3v) is 6.37. The maximum absolute atomic E-state index is 4.49. The zero-order valence-electron chi connectivity index (χ0n) is 15.8. The number of allylic oxidation sites excluding steroid dienone is 2. The highest BCUT2D eigenvalue weighted by atomic mass is 14.9. The topological polar surface area (TPSA) is 12.4 Å². The van der Waals surface area contributed by atoms with Crippen LogP contribution in [0.15, 0.2) is 40.9 Å². The summed E-state index contributed by atoms with van der Waals surface area (Å²) >= 11 is 0. The average Bonchev–Trinajstić information content (AvgIpc) is 2.46. The molecule has 0 aromatic carbocycles. The largest absolute Gasteiger partial charge is 0.289 e. The van der Waals surface area contributed by atoms with E-state index in [-0.39, 0.29) is 16.4 Å². The minimum absolute atomic E-state index is 0.0586. The monoisotopic (exact) mass is 301 g/mol. The van der Waals surface area contributed by atoms with Crippen LogP contribution in [0, 0.1) is 16.7 Å². The predicted molar refractivity (Wildman–Crippen MR) is 101 cm³/mol. The van der Waals surface area contributed by atoms with E-state index < -0.39 is 0 Å². The van der Waals surface area contributed by atoms with E-state index in [0.29, 0.717) is 5.92 Å². The SMILES string of the molecule is C=NC1(CC)C=CC1(CC)C(=C)/C=C(\CC)C(C)(C)C(C)C. The third-order valence-electron chi connectivity index (χ3n) is 6.37. The summed E-state index contributed by atoms with van der Waals surface area (Å²) in [4.78, 5) is 4.49. The van der Waals surface area contributed by atoms with E-state index in [0.717, 1.165) is 19.3 Å². The van der Waals surface area contributed by atoms with Gasteiger partial charge in [-0.2, -0.15) is 0 Å². The summed E-state index contributed by atoms with van der Waals surface area (Å²) in [5.74, 6) is 0.606. The molecule has 0 N–H and O–H groups in total. The Kier molecular flexibility index (Phi) is 5.65. The van der Waals surface area contributed by atoms with E-state index in [4.69, 9.17) is 0 Å². The molecule has 0 fully saturated rings. The van der Waals surface area contributed by atoms with Crippen molar-refractivity contribution in [3.63, 3.8) is 0 Å². The van der Waals surface area contributed by atoms with E-state index >= 15 is 0 Å². The van der Waals surface area contributed by atoms with Gasteiger partial charge in [-0.05, 0) is 42.9 Å². The quantitative estimate of drug-likeness (QED) is 0.280. The molecule has 1 heteroatoms. The first-order chi connectivity index (χ1) is 10.2. The average molecular weight is 302 g/mol. The lowest BCUT2D eigenvalue weighted by molar-refractivity contribution is 0.229. The highest BCUT2D eigenvalue weighted by Crippen LogP contribution is 2.55. The first-order valence-electron chi connectivity index (χ1n) is 8.76. The molecular formula is C21H35N. The fourth-order valence-corrected chi connectivity index (χ4v) is 3.71. The van der Waals surface area contributed by atoms with E-state index in [9.17, 15) is 0 Å². The molecule has 0 radical (unpaired) electrons. The number of nitrogens with zero attached hydrogens (tertiary/aromatic N) is 1. The van der Waals surface area contributed by atoms with Crippen molar-refractivity contribution < 1.29 is 0 Å². The molecule has 0 aromatic heterocycles. The van der Waals surface area contributed by atoms with Crippen molar-refractivity contribution in [2.24, 2.45) is 21.7 Å². The minimum Gasteiger partial charge on any atom is -0.289 e. The molecule has 1 nitrogen and oxygen atoms in total. The number of hydrogen-bond acceptors (Lipinski definition) is 1. The van der Waals surface area contributed by atoms with Crippen molar-refractivity contribution in [3.05, 3.63) is 36.0 Å². The van der Waals surface area contributed by atoms with Gasteiger partial charge >= 0.3 is 0 Å². The van der Waals surface area contributed by atoms with Crippen molar-refractivity contribution in [2.45, 2.75) is 73.3 Å². The van der Waals surface area contributed by atoms with Gasteiger partial charge in [-0.3, -0.25) is 4.99 Å². The summed E-state index contributed by atoms with van der Waals surface area (Å²) in [7, 11) is 0. The minimum atomic E-state index is -0.170. The number of aliphatic imine (C=N–C) groups is 1. The van der Waals surface area contributed by atoms with Gasteiger partial charge in [-0.1, -0.05) is 78.8 Å². The molecule has 1 aliphatic rings. The van der Waals surface area contributed by atoms with E-state index in [1.165, 1.54) is 11.1 Å². The molecule has 124 valence electrons. The van der Waals surface area contributed by atoms with Gasteiger partial charge in [-0.25, -0.2) is 0 Å². The van der Waals surface area contributed by atoms with Crippen LogP contribution in [0.2, 0.25) is 0 Å². The first kappa shape index (κ1) is 18.9. The van der Waals surface area contributed by atoms with Crippen LogP contribution in [0.25, 0.3) is 0 Å². The van der Waals surface area contributed by atoms with Crippen LogP contribution >= 0.6 is 0 Å². The highest BCUT2D eigenvalue weighted by Gasteiger charge is 2.52. The standard InChI is InChI=1S/C21H35N/c1-10-18(19(7,8)16(4)5)15-17(6)20(11-2)13-14-21(20,12-3)22-9/h13-16H,6,9-12H2,1-5,7-8H3/b18-15+. The Balaban J connectivity index is 3.27. The lowest BCUT2D eigenvalue weighted by atomic mass is 9.55. The van der Waals surface area contributed by atoms with E-state index in [2.05, 4.69) is 85.0 Å². The zero-order valence-corrected chi connectivity index (χ0v) is 15.8. The summed E-state index contributed by atoms with van der Waals surface area (Å²) in [5.41, 5.74) is 2.64. The Morgan fingerprint density at radius 1 is 1.18 bits per heavy atom. The van der Waals surface area contributed by atoms with Crippen LogP contribution in [-0.2, 0) is 0 Å². The van der Waals surface area contributed by atoms with Crippen LogP contribution in [0.5, 0.6) is 0 Å². The molecule has 1 rings (SSSR count). The summed E-state index contributed by atoms with van der Waals surface area (Å²) < 4.78 is 0. The lowest BCUT2D eigenvalue weighted by Crippen LogP contribution is -2.50. The molecular weight excluding hydrogens is 266 g/mol. The molecule has 0 amide bonds. The fourth-order valence-electron chi connectivity index (χ4n) is 3.71. The van der Waals surface area contributed by atoms with Gasteiger partial charge in [0.1, 0.15) is 0 Å². The molecule has 22 heavy (non-hydrogen) atoms. The molecule has 2 unspecified atom stereocenters. The van der Waals surface area contributed by atoms with Crippen molar-refractivity contribution >= 4 is 6.72 Å². The van der Waals surface area contributed by atoms with Gasteiger partial charge in [0.05, 0.1) is 5.54 Å². The normalized spacial score (nSPS) is 28.6. The van der Waals surface area contributed by atoms with Crippen LogP contribution in [0.4, 0.5) is 0 Å². The second kappa shape index (κ2) is 6.56. The molecule has 2 atom stereocenters. The first-order valence-corrected chi connectivity index (χ1v) is 8.76. The van der Waals surface area contributed by atoms with E-state index in [1.807, 2.05) is 0 Å². The maximum atomic E-state index is 4.49. The third kappa shape index (κ3) is 2.64. The van der Waals surface area contributed by atoms with E-state index in [1.54, 1.807) is 0 Å². The predicted octanol–water partition coefficient (Wildman–Crippen LogP) is 6.38. The van der Waals surface area contributed by atoms with Crippen LogP contribution < -0.4 is 0 Å². The van der Waals surface area contributed by atoms with Crippen molar-refractivity contribution in [3.8, 4) is 0 Å². The molecule has 0 saturated heterocycles. The van der Waals surface area contributed by atoms with Crippen LogP contribution in [0.3, 0.4) is 0 Å². The summed E-state index contributed by atoms with van der Waals surface area (Å²) in [6.07, 6.45) is 9.91. The van der Waals surface area contributed by atoms with Crippen molar-refractivity contribution in [1.82, 2.24) is 0 Å². The Hall–Kier alpha value is -1.11. The van der Waals surface area contributed by atoms with Gasteiger partial charge in [-0.15, -0.1) is 0 Å². The Bertz CT molecular complexity index is 492.